The van der Waals surface area contributed by atoms with Gasteiger partial charge in [-0.05, 0) is 43.7 Å². The maximum atomic E-state index is 12.1. The first-order valence-corrected chi connectivity index (χ1v) is 9.03. The molecule has 0 aromatic heterocycles. The summed E-state index contributed by atoms with van der Waals surface area (Å²) in [6.07, 6.45) is 0. The van der Waals surface area contributed by atoms with Crippen LogP contribution in [0.3, 0.4) is 0 Å². The van der Waals surface area contributed by atoms with Crippen molar-refractivity contribution in [3.63, 3.8) is 0 Å². The van der Waals surface area contributed by atoms with E-state index in [1.807, 2.05) is 38.1 Å². The Balaban J connectivity index is 1.67. The second-order valence-corrected chi connectivity index (χ2v) is 7.86. The number of aliphatic imine (C=N–C) groups is 1. The van der Waals surface area contributed by atoms with E-state index in [4.69, 9.17) is 8.92 Å². The van der Waals surface area contributed by atoms with Crippen molar-refractivity contribution in [1.29, 1.82) is 0 Å². The van der Waals surface area contributed by atoms with Crippen molar-refractivity contribution in [3.8, 4) is 0 Å². The van der Waals surface area contributed by atoms with Gasteiger partial charge >= 0.3 is 0 Å². The molecular weight excluding hydrogens is 326 g/mol. The second kappa shape index (κ2) is 6.37. The fraction of sp³-hybridized carbons (Fsp3) is 0.278. The van der Waals surface area contributed by atoms with Crippen LogP contribution in [0.2, 0.25) is 0 Å². The van der Waals surface area contributed by atoms with Gasteiger partial charge in [0, 0.05) is 5.56 Å². The average Bonchev–Trinajstić information content (AvgIpc) is 2.94. The Morgan fingerprint density at radius 3 is 2.33 bits per heavy atom. The van der Waals surface area contributed by atoms with Gasteiger partial charge in [0.1, 0.15) is 6.61 Å². The van der Waals surface area contributed by atoms with Gasteiger partial charge in [-0.25, -0.2) is 4.99 Å². The molecule has 0 N–H and O–H groups in total. The summed E-state index contributed by atoms with van der Waals surface area (Å²) in [5.41, 5.74) is 1.42. The molecule has 0 radical (unpaired) electrons. The third-order valence-electron chi connectivity index (χ3n) is 3.58. The van der Waals surface area contributed by atoms with Crippen LogP contribution in [0.4, 0.5) is 0 Å². The Morgan fingerprint density at radius 1 is 1.08 bits per heavy atom. The first-order valence-electron chi connectivity index (χ1n) is 7.62. The fourth-order valence-electron chi connectivity index (χ4n) is 2.28. The van der Waals surface area contributed by atoms with Crippen molar-refractivity contribution in [3.05, 3.63) is 65.7 Å². The van der Waals surface area contributed by atoms with Gasteiger partial charge in [-0.15, -0.1) is 0 Å². The largest absolute Gasteiger partial charge is 0.475 e. The average molecular weight is 345 g/mol. The fourth-order valence-corrected chi connectivity index (χ4v) is 3.19. The number of hydrogen-bond donors (Lipinski definition) is 0. The first kappa shape index (κ1) is 16.7. The van der Waals surface area contributed by atoms with E-state index in [1.165, 1.54) is 12.1 Å². The van der Waals surface area contributed by atoms with Crippen LogP contribution in [-0.4, -0.2) is 26.5 Å². The lowest BCUT2D eigenvalue weighted by Crippen LogP contribution is -2.17. The highest BCUT2D eigenvalue weighted by molar-refractivity contribution is 7.86. The predicted octanol–water partition coefficient (Wildman–Crippen LogP) is 3.15. The van der Waals surface area contributed by atoms with Crippen LogP contribution in [-0.2, 0) is 25.6 Å². The van der Waals surface area contributed by atoms with Crippen molar-refractivity contribution in [2.24, 2.45) is 4.99 Å². The Morgan fingerprint density at radius 2 is 1.75 bits per heavy atom. The Kier molecular flexibility index (Phi) is 4.43. The lowest BCUT2D eigenvalue weighted by Gasteiger charge is -2.07. The number of ether oxygens (including phenoxy) is 1. The van der Waals surface area contributed by atoms with E-state index in [-0.39, 0.29) is 17.0 Å². The van der Waals surface area contributed by atoms with Gasteiger partial charge in [-0.2, -0.15) is 8.42 Å². The second-order valence-electron chi connectivity index (χ2n) is 6.24. The molecule has 0 atom stereocenters. The minimum Gasteiger partial charge on any atom is -0.475 e. The van der Waals surface area contributed by atoms with Crippen molar-refractivity contribution in [2.45, 2.75) is 30.9 Å². The monoisotopic (exact) mass is 345 g/mol. The van der Waals surface area contributed by atoms with Crippen LogP contribution >= 0.6 is 0 Å². The summed E-state index contributed by atoms with van der Waals surface area (Å²) < 4.78 is 34.9. The topological polar surface area (TPSA) is 65.0 Å². The Hall–Kier alpha value is -2.18. The molecule has 1 aliphatic rings. The van der Waals surface area contributed by atoms with E-state index in [2.05, 4.69) is 4.99 Å². The van der Waals surface area contributed by atoms with E-state index in [0.29, 0.717) is 12.5 Å². The number of benzene rings is 2. The molecule has 0 unspecified atom stereocenters. The van der Waals surface area contributed by atoms with Crippen LogP contribution < -0.4 is 0 Å². The summed E-state index contributed by atoms with van der Waals surface area (Å²) in [6.45, 7) is 4.56. The van der Waals surface area contributed by atoms with Gasteiger partial charge < -0.3 is 4.74 Å². The standard InChI is InChI=1S/C18H19NO4S/c1-18(2)13-22-17(19-18)15-10-8-14(9-11-15)12-23-24(20,21)16-6-4-3-5-7-16/h3-11H,12-13H2,1-2H3. The molecule has 0 saturated carbocycles. The van der Waals surface area contributed by atoms with Gasteiger partial charge in [-0.1, -0.05) is 30.3 Å². The lowest BCUT2D eigenvalue weighted by molar-refractivity contribution is 0.279. The maximum absolute atomic E-state index is 12.1. The molecule has 6 heteroatoms. The molecule has 0 fully saturated rings. The summed E-state index contributed by atoms with van der Waals surface area (Å²) in [7, 11) is -3.75. The molecule has 5 nitrogen and oxygen atoms in total. The zero-order valence-corrected chi connectivity index (χ0v) is 14.4. The summed E-state index contributed by atoms with van der Waals surface area (Å²) >= 11 is 0. The molecule has 0 bridgehead atoms. The predicted molar refractivity (Wildman–Crippen MR) is 91.4 cm³/mol. The molecule has 0 saturated heterocycles. The minimum atomic E-state index is -3.75. The quantitative estimate of drug-likeness (QED) is 0.781. The molecule has 126 valence electrons. The van der Waals surface area contributed by atoms with Crippen molar-refractivity contribution >= 4 is 16.0 Å². The Bertz CT molecular complexity index is 840. The SMILES string of the molecule is CC1(C)COC(c2ccc(COS(=O)(=O)c3ccccc3)cc2)=N1. The highest BCUT2D eigenvalue weighted by atomic mass is 32.2. The van der Waals surface area contributed by atoms with Crippen LogP contribution in [0.1, 0.15) is 25.0 Å². The number of rotatable bonds is 5. The van der Waals surface area contributed by atoms with E-state index in [0.717, 1.165) is 11.1 Å². The normalized spacial score (nSPS) is 16.5. The third kappa shape index (κ3) is 3.83. The van der Waals surface area contributed by atoms with Crippen LogP contribution in [0, 0.1) is 0 Å². The summed E-state index contributed by atoms with van der Waals surface area (Å²) in [6, 6.07) is 15.4. The molecule has 1 heterocycles. The van der Waals surface area contributed by atoms with Gasteiger partial charge in [0.15, 0.2) is 0 Å². The van der Waals surface area contributed by atoms with E-state index >= 15 is 0 Å². The van der Waals surface area contributed by atoms with E-state index < -0.39 is 10.1 Å². The van der Waals surface area contributed by atoms with Crippen LogP contribution in [0.15, 0.2) is 64.5 Å². The lowest BCUT2D eigenvalue weighted by atomic mass is 10.1. The van der Waals surface area contributed by atoms with Gasteiger partial charge in [-0.3, -0.25) is 4.18 Å². The van der Waals surface area contributed by atoms with Crippen molar-refractivity contribution in [2.75, 3.05) is 6.61 Å². The van der Waals surface area contributed by atoms with Gasteiger partial charge in [0.2, 0.25) is 5.90 Å². The maximum Gasteiger partial charge on any atom is 0.297 e. The van der Waals surface area contributed by atoms with Crippen LogP contribution in [0.25, 0.3) is 0 Å². The van der Waals surface area contributed by atoms with Crippen molar-refractivity contribution < 1.29 is 17.3 Å². The van der Waals surface area contributed by atoms with Crippen LogP contribution in [0.5, 0.6) is 0 Å². The zero-order valence-electron chi connectivity index (χ0n) is 13.6. The first-order chi connectivity index (χ1) is 11.4. The number of nitrogens with zero attached hydrogens (tertiary/aromatic N) is 1. The summed E-state index contributed by atoms with van der Waals surface area (Å²) in [5.74, 6) is 0.615. The van der Waals surface area contributed by atoms with Crippen molar-refractivity contribution in [1.82, 2.24) is 0 Å². The Labute approximate surface area is 142 Å². The summed E-state index contributed by atoms with van der Waals surface area (Å²) in [5, 5.41) is 0. The molecular formula is C18H19NO4S. The molecule has 2 aromatic rings. The molecule has 0 spiro atoms. The molecule has 0 aliphatic carbocycles. The van der Waals surface area contributed by atoms with E-state index in [1.54, 1.807) is 18.2 Å². The smallest absolute Gasteiger partial charge is 0.297 e. The molecule has 0 amide bonds. The molecule has 24 heavy (non-hydrogen) atoms. The minimum absolute atomic E-state index is 0.0175. The molecule has 1 aliphatic heterocycles. The highest BCUT2D eigenvalue weighted by Gasteiger charge is 2.26. The molecule has 2 aromatic carbocycles. The summed E-state index contributed by atoms with van der Waals surface area (Å²) in [4.78, 5) is 4.66. The number of hydrogen-bond acceptors (Lipinski definition) is 5. The molecule has 3 rings (SSSR count). The third-order valence-corrected chi connectivity index (χ3v) is 4.86. The van der Waals surface area contributed by atoms with Gasteiger partial charge in [0.05, 0.1) is 17.0 Å². The van der Waals surface area contributed by atoms with Gasteiger partial charge in [0.25, 0.3) is 10.1 Å². The zero-order chi connectivity index (χ0) is 17.2. The van der Waals surface area contributed by atoms with E-state index in [9.17, 15) is 8.42 Å². The highest BCUT2D eigenvalue weighted by Crippen LogP contribution is 2.21.